The molecular formula is C23H20FN5O4S. The van der Waals surface area contributed by atoms with Crippen LogP contribution in [-0.4, -0.2) is 29.8 Å². The third-order valence-corrected chi connectivity index (χ3v) is 6.40. The number of aromatic nitrogens is 2. The summed E-state index contributed by atoms with van der Waals surface area (Å²) >= 11 is 0. The van der Waals surface area contributed by atoms with Gasteiger partial charge in [0.25, 0.3) is 15.9 Å². The number of anilines is 1. The van der Waals surface area contributed by atoms with Gasteiger partial charge in [-0.3, -0.25) is 25.2 Å². The number of hydrazine groups is 1. The quantitative estimate of drug-likeness (QED) is 0.365. The molecule has 4 rings (SSSR count). The van der Waals surface area contributed by atoms with Crippen molar-refractivity contribution >= 4 is 38.6 Å². The lowest BCUT2D eigenvalue weighted by atomic mass is 10.2. The predicted octanol–water partition coefficient (Wildman–Crippen LogP) is 2.52. The fourth-order valence-corrected chi connectivity index (χ4v) is 4.38. The van der Waals surface area contributed by atoms with Gasteiger partial charge in [0.2, 0.25) is 5.91 Å². The van der Waals surface area contributed by atoms with E-state index in [1.54, 1.807) is 11.6 Å². The van der Waals surface area contributed by atoms with Crippen LogP contribution in [0.4, 0.5) is 10.1 Å². The summed E-state index contributed by atoms with van der Waals surface area (Å²) in [5, 5.41) is 0. The van der Waals surface area contributed by atoms with E-state index in [0.717, 1.165) is 23.2 Å². The molecule has 0 aliphatic heterocycles. The van der Waals surface area contributed by atoms with Gasteiger partial charge in [0, 0.05) is 18.3 Å². The minimum absolute atomic E-state index is 0.0185. The summed E-state index contributed by atoms with van der Waals surface area (Å²) in [4.78, 5) is 29.0. The molecule has 0 aliphatic rings. The van der Waals surface area contributed by atoms with E-state index in [1.165, 1.54) is 36.4 Å². The Morgan fingerprint density at radius 3 is 2.44 bits per heavy atom. The van der Waals surface area contributed by atoms with Crippen LogP contribution >= 0.6 is 0 Å². The van der Waals surface area contributed by atoms with Gasteiger partial charge in [-0.2, -0.15) is 0 Å². The summed E-state index contributed by atoms with van der Waals surface area (Å²) in [6, 6.07) is 17.5. The third kappa shape index (κ3) is 5.04. The first-order valence-corrected chi connectivity index (χ1v) is 11.6. The summed E-state index contributed by atoms with van der Waals surface area (Å²) in [5.41, 5.74) is 6.41. The van der Waals surface area contributed by atoms with E-state index in [0.29, 0.717) is 5.82 Å². The lowest BCUT2D eigenvalue weighted by Crippen LogP contribution is -2.42. The summed E-state index contributed by atoms with van der Waals surface area (Å²) < 4.78 is 42.4. The van der Waals surface area contributed by atoms with Gasteiger partial charge in [-0.1, -0.05) is 18.2 Å². The molecule has 3 aromatic carbocycles. The molecule has 0 unspecified atom stereocenters. The van der Waals surface area contributed by atoms with Crippen LogP contribution in [0.5, 0.6) is 0 Å². The molecule has 34 heavy (non-hydrogen) atoms. The Balaban J connectivity index is 1.40. The van der Waals surface area contributed by atoms with Crippen molar-refractivity contribution in [1.82, 2.24) is 20.4 Å². The molecule has 0 atom stereocenters. The van der Waals surface area contributed by atoms with Crippen LogP contribution in [-0.2, 0) is 28.3 Å². The van der Waals surface area contributed by atoms with Crippen molar-refractivity contribution in [3.63, 3.8) is 0 Å². The van der Waals surface area contributed by atoms with E-state index in [2.05, 4.69) is 20.6 Å². The first-order valence-electron chi connectivity index (χ1n) is 10.1. The molecule has 0 fully saturated rings. The third-order valence-electron chi connectivity index (χ3n) is 5.02. The number of hydrogen-bond acceptors (Lipinski definition) is 5. The van der Waals surface area contributed by atoms with Crippen molar-refractivity contribution in [2.24, 2.45) is 7.05 Å². The molecule has 174 valence electrons. The zero-order valence-corrected chi connectivity index (χ0v) is 18.8. The fourth-order valence-electron chi connectivity index (χ4n) is 3.28. The van der Waals surface area contributed by atoms with Gasteiger partial charge >= 0.3 is 0 Å². The summed E-state index contributed by atoms with van der Waals surface area (Å²) in [7, 11) is -2.23. The number of hydrogen-bond donors (Lipinski definition) is 3. The Labute approximate surface area is 194 Å². The van der Waals surface area contributed by atoms with E-state index in [4.69, 9.17) is 0 Å². The van der Waals surface area contributed by atoms with Crippen molar-refractivity contribution < 1.29 is 22.4 Å². The van der Waals surface area contributed by atoms with Crippen molar-refractivity contribution in [3.05, 3.63) is 90.0 Å². The molecule has 0 saturated carbocycles. The van der Waals surface area contributed by atoms with E-state index in [-0.39, 0.29) is 22.6 Å². The standard InChI is InChI=1S/C23H20FN5O4S/c1-29-20-8-3-2-7-19(20)25-21(29)14-22(30)26-27-23(31)15-5-4-6-18(13-15)34(32,33)28-17-11-9-16(24)10-12-17/h2-13,28H,14H2,1H3,(H,26,30)(H,27,31). The fraction of sp³-hybridized carbons (Fsp3) is 0.0870. The van der Waals surface area contributed by atoms with Crippen LogP contribution in [0.15, 0.2) is 77.7 Å². The number of fused-ring (bicyclic) bond motifs is 1. The number of benzene rings is 3. The number of nitrogens with one attached hydrogen (secondary N) is 3. The molecule has 9 nitrogen and oxygen atoms in total. The number of rotatable bonds is 6. The zero-order valence-electron chi connectivity index (χ0n) is 17.9. The van der Waals surface area contributed by atoms with Gasteiger partial charge in [-0.15, -0.1) is 0 Å². The van der Waals surface area contributed by atoms with Gasteiger partial charge < -0.3 is 4.57 Å². The second kappa shape index (κ2) is 9.32. The maximum absolute atomic E-state index is 13.0. The van der Waals surface area contributed by atoms with Crippen molar-refractivity contribution in [2.75, 3.05) is 4.72 Å². The first-order chi connectivity index (χ1) is 16.2. The van der Waals surface area contributed by atoms with Gasteiger partial charge in [-0.05, 0) is 54.6 Å². The number of carbonyl (C=O) groups excluding carboxylic acids is 2. The normalized spacial score (nSPS) is 11.2. The highest BCUT2D eigenvalue weighted by Crippen LogP contribution is 2.18. The topological polar surface area (TPSA) is 122 Å². The molecule has 0 saturated heterocycles. The molecule has 0 spiro atoms. The van der Waals surface area contributed by atoms with Crippen molar-refractivity contribution in [1.29, 1.82) is 0 Å². The van der Waals surface area contributed by atoms with Crippen LogP contribution in [0.1, 0.15) is 16.2 Å². The van der Waals surface area contributed by atoms with E-state index < -0.39 is 27.7 Å². The number of carbonyl (C=O) groups is 2. The monoisotopic (exact) mass is 481 g/mol. The Bertz CT molecular complexity index is 1480. The molecule has 4 aromatic rings. The molecule has 1 aromatic heterocycles. The highest BCUT2D eigenvalue weighted by Gasteiger charge is 2.18. The number of amides is 2. The predicted molar refractivity (Wildman–Crippen MR) is 124 cm³/mol. The van der Waals surface area contributed by atoms with Crippen LogP contribution in [0, 0.1) is 5.82 Å². The molecule has 0 aliphatic carbocycles. The Kier molecular flexibility index (Phi) is 6.28. The number of para-hydroxylation sites is 2. The van der Waals surface area contributed by atoms with E-state index >= 15 is 0 Å². The first kappa shape index (κ1) is 22.9. The molecule has 2 amide bonds. The smallest absolute Gasteiger partial charge is 0.269 e. The average molecular weight is 482 g/mol. The largest absolute Gasteiger partial charge is 0.331 e. The molecule has 11 heteroatoms. The molecule has 0 bridgehead atoms. The van der Waals surface area contributed by atoms with Crippen molar-refractivity contribution in [2.45, 2.75) is 11.3 Å². The Morgan fingerprint density at radius 1 is 0.971 bits per heavy atom. The highest BCUT2D eigenvalue weighted by atomic mass is 32.2. The number of nitrogens with zero attached hydrogens (tertiary/aromatic N) is 2. The number of sulfonamides is 1. The Morgan fingerprint density at radius 2 is 1.71 bits per heavy atom. The van der Waals surface area contributed by atoms with Gasteiger partial charge in [-0.25, -0.2) is 17.8 Å². The average Bonchev–Trinajstić information content (AvgIpc) is 3.14. The number of imidazole rings is 1. The number of halogens is 1. The minimum Gasteiger partial charge on any atom is -0.331 e. The van der Waals surface area contributed by atoms with Crippen LogP contribution < -0.4 is 15.6 Å². The maximum atomic E-state index is 13.0. The molecule has 1 heterocycles. The van der Waals surface area contributed by atoms with Crippen LogP contribution in [0.25, 0.3) is 11.0 Å². The van der Waals surface area contributed by atoms with Gasteiger partial charge in [0.05, 0.1) is 22.3 Å². The maximum Gasteiger partial charge on any atom is 0.269 e. The number of aryl methyl sites for hydroxylation is 1. The minimum atomic E-state index is -4.02. The summed E-state index contributed by atoms with van der Waals surface area (Å²) in [6.07, 6.45) is -0.0680. The molecular weight excluding hydrogens is 461 g/mol. The summed E-state index contributed by atoms with van der Waals surface area (Å²) in [5.74, 6) is -1.17. The second-order valence-corrected chi connectivity index (χ2v) is 9.08. The molecule has 3 N–H and O–H groups in total. The van der Waals surface area contributed by atoms with Gasteiger partial charge in [0.1, 0.15) is 11.6 Å². The second-order valence-electron chi connectivity index (χ2n) is 7.40. The molecule has 0 radical (unpaired) electrons. The zero-order chi connectivity index (χ0) is 24.3. The lowest BCUT2D eigenvalue weighted by molar-refractivity contribution is -0.121. The van der Waals surface area contributed by atoms with Crippen LogP contribution in [0.3, 0.4) is 0 Å². The van der Waals surface area contributed by atoms with Gasteiger partial charge in [0.15, 0.2) is 0 Å². The van der Waals surface area contributed by atoms with Crippen molar-refractivity contribution in [3.8, 4) is 0 Å². The van der Waals surface area contributed by atoms with Crippen LogP contribution in [0.2, 0.25) is 0 Å². The van der Waals surface area contributed by atoms with E-state index in [9.17, 15) is 22.4 Å². The lowest BCUT2D eigenvalue weighted by Gasteiger charge is -2.10. The SMILES string of the molecule is Cn1c(CC(=O)NNC(=O)c2cccc(S(=O)(=O)Nc3ccc(F)cc3)c2)nc2ccccc21. The van der Waals surface area contributed by atoms with E-state index in [1.807, 2.05) is 24.3 Å². The summed E-state index contributed by atoms with van der Waals surface area (Å²) in [6.45, 7) is 0. The Hall–Kier alpha value is -4.25. The highest BCUT2D eigenvalue weighted by molar-refractivity contribution is 7.92.